The molecular formula is C5H3FINO. The van der Waals surface area contributed by atoms with Crippen molar-refractivity contribution in [2.24, 2.45) is 4.99 Å². The minimum absolute atomic E-state index is 0.381. The SMILES string of the molecule is O=C1C=C(I)C(F)C=N1. The van der Waals surface area contributed by atoms with Crippen molar-refractivity contribution >= 4 is 34.7 Å². The Hall–Kier alpha value is -0.260. The molecule has 1 rings (SSSR count). The van der Waals surface area contributed by atoms with Crippen LogP contribution in [0.1, 0.15) is 0 Å². The zero-order valence-electron chi connectivity index (χ0n) is 4.34. The van der Waals surface area contributed by atoms with E-state index in [9.17, 15) is 9.18 Å². The maximum absolute atomic E-state index is 12.4. The number of allylic oxidation sites excluding steroid dienone is 1. The maximum Gasteiger partial charge on any atom is 0.270 e. The van der Waals surface area contributed by atoms with E-state index in [2.05, 4.69) is 4.99 Å². The van der Waals surface area contributed by atoms with Crippen LogP contribution >= 0.6 is 22.6 Å². The van der Waals surface area contributed by atoms with Crippen molar-refractivity contribution in [3.8, 4) is 0 Å². The largest absolute Gasteiger partial charge is 0.270 e. The number of hydrogen-bond acceptors (Lipinski definition) is 1. The lowest BCUT2D eigenvalue weighted by atomic mass is 10.3. The molecule has 9 heavy (non-hydrogen) atoms. The van der Waals surface area contributed by atoms with E-state index in [0.717, 1.165) is 6.21 Å². The summed E-state index contributed by atoms with van der Waals surface area (Å²) < 4.78 is 12.8. The summed E-state index contributed by atoms with van der Waals surface area (Å²) in [4.78, 5) is 13.6. The number of dihydropyridines is 1. The predicted molar refractivity (Wildman–Crippen MR) is 40.5 cm³/mol. The standard InChI is InChI=1S/C5H3FINO/c6-3-2-8-5(9)1-4(3)7/h1-3H. The number of carbonyl (C=O) groups is 1. The van der Waals surface area contributed by atoms with E-state index < -0.39 is 6.17 Å². The third-order valence-electron chi connectivity index (χ3n) is 0.857. The molecule has 0 aromatic heterocycles. The molecular weight excluding hydrogens is 236 g/mol. The molecule has 0 aliphatic carbocycles. The summed E-state index contributed by atoms with van der Waals surface area (Å²) in [5.74, 6) is -0.381. The van der Waals surface area contributed by atoms with Crippen molar-refractivity contribution in [2.75, 3.05) is 0 Å². The molecule has 1 amide bonds. The average Bonchev–Trinajstić information content (AvgIpc) is 1.80. The van der Waals surface area contributed by atoms with Crippen LogP contribution in [0.2, 0.25) is 0 Å². The Balaban J connectivity index is 2.82. The Morgan fingerprint density at radius 3 is 2.89 bits per heavy atom. The van der Waals surface area contributed by atoms with Crippen molar-refractivity contribution in [3.63, 3.8) is 0 Å². The molecule has 1 aliphatic heterocycles. The molecule has 1 aliphatic rings. The van der Waals surface area contributed by atoms with Gasteiger partial charge in [-0.3, -0.25) is 4.79 Å². The summed E-state index contributed by atoms with van der Waals surface area (Å²) >= 11 is 1.77. The fourth-order valence-electron chi connectivity index (χ4n) is 0.445. The van der Waals surface area contributed by atoms with Gasteiger partial charge in [0.15, 0.2) is 6.17 Å². The fourth-order valence-corrected chi connectivity index (χ4v) is 0.872. The van der Waals surface area contributed by atoms with E-state index >= 15 is 0 Å². The number of carbonyl (C=O) groups excluding carboxylic acids is 1. The maximum atomic E-state index is 12.4. The zero-order chi connectivity index (χ0) is 6.85. The van der Waals surface area contributed by atoms with Gasteiger partial charge in [-0.15, -0.1) is 0 Å². The number of aliphatic imine (C=N–C) groups is 1. The Morgan fingerprint density at radius 1 is 1.78 bits per heavy atom. The molecule has 0 aromatic carbocycles. The number of hydrogen-bond donors (Lipinski definition) is 0. The highest BCUT2D eigenvalue weighted by molar-refractivity contribution is 14.1. The Morgan fingerprint density at radius 2 is 2.44 bits per heavy atom. The van der Waals surface area contributed by atoms with E-state index in [4.69, 9.17) is 0 Å². The van der Waals surface area contributed by atoms with Crippen molar-refractivity contribution < 1.29 is 9.18 Å². The molecule has 2 nitrogen and oxygen atoms in total. The number of rotatable bonds is 0. The van der Waals surface area contributed by atoms with Crippen LogP contribution in [0.4, 0.5) is 4.39 Å². The normalized spacial score (nSPS) is 26.2. The molecule has 48 valence electrons. The van der Waals surface area contributed by atoms with Crippen LogP contribution in [0.3, 0.4) is 0 Å². The van der Waals surface area contributed by atoms with Crippen molar-refractivity contribution in [2.45, 2.75) is 6.17 Å². The van der Waals surface area contributed by atoms with Gasteiger partial charge in [-0.05, 0) is 22.6 Å². The number of amides is 1. The second-order valence-corrected chi connectivity index (χ2v) is 2.79. The third kappa shape index (κ3) is 1.57. The number of alkyl halides is 1. The predicted octanol–water partition coefficient (Wildman–Crippen LogP) is 1.25. The van der Waals surface area contributed by atoms with Gasteiger partial charge in [0.05, 0.1) is 0 Å². The molecule has 1 unspecified atom stereocenters. The average molecular weight is 239 g/mol. The summed E-state index contributed by atoms with van der Waals surface area (Å²) in [5.41, 5.74) is 0. The Labute approximate surface area is 65.0 Å². The van der Waals surface area contributed by atoms with Crippen LogP contribution in [0.15, 0.2) is 14.6 Å². The first-order valence-corrected chi connectivity index (χ1v) is 3.37. The van der Waals surface area contributed by atoms with Gasteiger partial charge in [0, 0.05) is 15.9 Å². The summed E-state index contributed by atoms with van der Waals surface area (Å²) in [5, 5.41) is 0. The van der Waals surface area contributed by atoms with Crippen molar-refractivity contribution in [1.82, 2.24) is 0 Å². The molecule has 4 heteroatoms. The molecule has 0 fully saturated rings. The lowest BCUT2D eigenvalue weighted by molar-refractivity contribution is -0.113. The molecule has 1 atom stereocenters. The summed E-state index contributed by atoms with van der Waals surface area (Å²) in [6.45, 7) is 0. The lowest BCUT2D eigenvalue weighted by Gasteiger charge is -2.02. The van der Waals surface area contributed by atoms with Crippen LogP contribution in [0, 0.1) is 0 Å². The number of halogens is 2. The Kier molecular flexibility index (Phi) is 1.94. The zero-order valence-corrected chi connectivity index (χ0v) is 6.50. The summed E-state index contributed by atoms with van der Waals surface area (Å²) in [6.07, 6.45) is 1.01. The van der Waals surface area contributed by atoms with E-state index in [0.29, 0.717) is 3.58 Å². The highest BCUT2D eigenvalue weighted by Crippen LogP contribution is 2.16. The van der Waals surface area contributed by atoms with E-state index in [1.54, 1.807) is 22.6 Å². The van der Waals surface area contributed by atoms with Gasteiger partial charge >= 0.3 is 0 Å². The van der Waals surface area contributed by atoms with Gasteiger partial charge in [0.2, 0.25) is 0 Å². The smallest absolute Gasteiger partial charge is 0.267 e. The van der Waals surface area contributed by atoms with Crippen LogP contribution < -0.4 is 0 Å². The molecule has 0 bridgehead atoms. The Bertz CT molecular complexity index is 199. The molecule has 0 N–H and O–H groups in total. The molecule has 0 saturated carbocycles. The second-order valence-electron chi connectivity index (χ2n) is 1.55. The molecule has 0 radical (unpaired) electrons. The minimum Gasteiger partial charge on any atom is -0.267 e. The van der Waals surface area contributed by atoms with Gasteiger partial charge in [-0.2, -0.15) is 0 Å². The minimum atomic E-state index is -1.18. The molecule has 0 spiro atoms. The van der Waals surface area contributed by atoms with Crippen LogP contribution in [-0.4, -0.2) is 18.3 Å². The van der Waals surface area contributed by atoms with Crippen LogP contribution in [0.25, 0.3) is 0 Å². The van der Waals surface area contributed by atoms with E-state index in [-0.39, 0.29) is 5.91 Å². The van der Waals surface area contributed by atoms with Gasteiger partial charge in [0.25, 0.3) is 5.91 Å². The first-order chi connectivity index (χ1) is 4.20. The summed E-state index contributed by atoms with van der Waals surface area (Å²) in [7, 11) is 0. The second kappa shape index (κ2) is 2.55. The van der Waals surface area contributed by atoms with Crippen molar-refractivity contribution in [1.29, 1.82) is 0 Å². The number of nitrogens with zero attached hydrogens (tertiary/aromatic N) is 1. The van der Waals surface area contributed by atoms with Gasteiger partial charge in [0.1, 0.15) is 0 Å². The van der Waals surface area contributed by atoms with Crippen molar-refractivity contribution in [3.05, 3.63) is 9.66 Å². The van der Waals surface area contributed by atoms with Gasteiger partial charge in [-0.25, -0.2) is 9.38 Å². The van der Waals surface area contributed by atoms with E-state index in [1.807, 2.05) is 0 Å². The summed E-state index contributed by atoms with van der Waals surface area (Å²) in [6, 6.07) is 0. The van der Waals surface area contributed by atoms with Crippen LogP contribution in [-0.2, 0) is 4.79 Å². The fraction of sp³-hybridized carbons (Fsp3) is 0.200. The van der Waals surface area contributed by atoms with Gasteiger partial charge < -0.3 is 0 Å². The monoisotopic (exact) mass is 239 g/mol. The van der Waals surface area contributed by atoms with Gasteiger partial charge in [-0.1, -0.05) is 0 Å². The van der Waals surface area contributed by atoms with E-state index in [1.165, 1.54) is 6.08 Å². The topological polar surface area (TPSA) is 29.4 Å². The molecule has 1 heterocycles. The van der Waals surface area contributed by atoms with Crippen LogP contribution in [0.5, 0.6) is 0 Å². The first kappa shape index (κ1) is 6.85. The first-order valence-electron chi connectivity index (χ1n) is 2.29. The molecule has 0 saturated heterocycles. The third-order valence-corrected chi connectivity index (χ3v) is 1.76. The lowest BCUT2D eigenvalue weighted by Crippen LogP contribution is -2.09. The highest BCUT2D eigenvalue weighted by atomic mass is 127. The quantitative estimate of drug-likeness (QED) is 0.585. The highest BCUT2D eigenvalue weighted by Gasteiger charge is 2.13. The molecule has 0 aromatic rings.